The molecule has 0 unspecified atom stereocenters. The van der Waals surface area contributed by atoms with Crippen molar-refractivity contribution in [2.45, 2.75) is 13.1 Å². The summed E-state index contributed by atoms with van der Waals surface area (Å²) in [6, 6.07) is 1.82. The fraction of sp³-hybridized carbons (Fsp3) is 0.231. The first kappa shape index (κ1) is 17.7. The largest absolute Gasteiger partial charge is 0.417 e. The number of aromatic nitrogens is 2. The maximum absolute atomic E-state index is 12.6. The lowest BCUT2D eigenvalue weighted by Crippen LogP contribution is -2.40. The summed E-state index contributed by atoms with van der Waals surface area (Å²) in [4.78, 5) is 26.6. The van der Waals surface area contributed by atoms with Crippen LogP contribution in [0.3, 0.4) is 0 Å². The average Bonchev–Trinajstić information content (AvgIpc) is 2.96. The summed E-state index contributed by atoms with van der Waals surface area (Å²) in [5.41, 5.74) is 1.23. The van der Waals surface area contributed by atoms with Crippen LogP contribution in [0, 0.1) is 0 Å². The van der Waals surface area contributed by atoms with Gasteiger partial charge in [-0.05, 0) is 6.07 Å². The Morgan fingerprint density at radius 3 is 2.50 bits per heavy atom. The Bertz CT molecular complexity index is 791. The molecule has 0 atom stereocenters. The molecule has 2 rings (SSSR count). The maximum atomic E-state index is 12.6. The molecule has 2 aromatic rings. The van der Waals surface area contributed by atoms with E-state index in [1.165, 1.54) is 14.0 Å². The number of nitrogens with zero attached hydrogens (tertiary/aromatic N) is 3. The molecule has 128 valence electrons. The van der Waals surface area contributed by atoms with Crippen molar-refractivity contribution < 1.29 is 27.3 Å². The van der Waals surface area contributed by atoms with Gasteiger partial charge in [0.05, 0.1) is 10.6 Å². The molecule has 0 aliphatic rings. The summed E-state index contributed by atoms with van der Waals surface area (Å²) in [6.45, 7) is 1.25. The highest BCUT2D eigenvalue weighted by atomic mass is 35.5. The lowest BCUT2D eigenvalue weighted by atomic mass is 10.3. The lowest BCUT2D eigenvalue weighted by Gasteiger charge is -2.20. The number of nitrogens with one attached hydrogen (secondary N) is 1. The van der Waals surface area contributed by atoms with Gasteiger partial charge in [-0.2, -0.15) is 13.2 Å². The van der Waals surface area contributed by atoms with Crippen molar-refractivity contribution >= 4 is 29.1 Å². The van der Waals surface area contributed by atoms with E-state index in [0.29, 0.717) is 12.3 Å². The molecule has 24 heavy (non-hydrogen) atoms. The van der Waals surface area contributed by atoms with Crippen molar-refractivity contribution in [2.75, 3.05) is 12.1 Å². The van der Waals surface area contributed by atoms with Crippen LogP contribution in [0.2, 0.25) is 5.02 Å². The molecule has 2 aromatic heterocycles. The van der Waals surface area contributed by atoms with E-state index in [4.69, 9.17) is 16.1 Å². The van der Waals surface area contributed by atoms with Gasteiger partial charge in [0.15, 0.2) is 11.6 Å². The molecule has 0 aromatic carbocycles. The van der Waals surface area contributed by atoms with E-state index < -0.39 is 23.4 Å². The van der Waals surface area contributed by atoms with Crippen LogP contribution in [0.25, 0.3) is 0 Å². The van der Waals surface area contributed by atoms with Gasteiger partial charge >= 0.3 is 12.1 Å². The minimum Gasteiger partial charge on any atom is -0.350 e. The number of rotatable bonds is 4. The Balaban J connectivity index is 2.15. The number of carbonyl (C=O) groups is 2. The predicted octanol–water partition coefficient (Wildman–Crippen LogP) is 2.73. The Morgan fingerprint density at radius 2 is 2.00 bits per heavy atom. The second-order valence-corrected chi connectivity index (χ2v) is 5.07. The van der Waals surface area contributed by atoms with Gasteiger partial charge < -0.3 is 4.52 Å². The highest BCUT2D eigenvalue weighted by molar-refractivity contribution is 6.33. The van der Waals surface area contributed by atoms with Crippen LogP contribution in [0.4, 0.5) is 19.0 Å². The molecule has 0 spiro atoms. The van der Waals surface area contributed by atoms with E-state index in [0.717, 1.165) is 11.1 Å². The van der Waals surface area contributed by atoms with Crippen LogP contribution in [0.15, 0.2) is 22.9 Å². The van der Waals surface area contributed by atoms with E-state index in [9.17, 15) is 22.8 Å². The second kappa shape index (κ2) is 6.48. The molecular weight excluding hydrogens is 353 g/mol. The van der Waals surface area contributed by atoms with E-state index in [2.05, 4.69) is 15.6 Å². The zero-order valence-electron chi connectivity index (χ0n) is 12.3. The first-order chi connectivity index (χ1) is 11.1. The van der Waals surface area contributed by atoms with Crippen LogP contribution in [0.1, 0.15) is 33.5 Å². The molecule has 11 heteroatoms. The standard InChI is InChI=1S/C13H10ClF3N4O3/c1-6(22)9-4-10(24-20-9)12(23)19-21(2)11-8(14)3-7(5-18-11)13(15,16)17/h3-5H,1-2H3,(H,19,23). The Kier molecular flexibility index (Phi) is 4.78. The third kappa shape index (κ3) is 3.82. The number of hydrogen-bond acceptors (Lipinski definition) is 6. The van der Waals surface area contributed by atoms with E-state index in [1.54, 1.807) is 0 Å². The van der Waals surface area contributed by atoms with Crippen LogP contribution in [0.5, 0.6) is 0 Å². The summed E-state index contributed by atoms with van der Waals surface area (Å²) >= 11 is 5.77. The first-order valence-electron chi connectivity index (χ1n) is 6.34. The normalized spacial score (nSPS) is 11.2. The predicted molar refractivity (Wildman–Crippen MR) is 76.6 cm³/mol. The van der Waals surface area contributed by atoms with Gasteiger partial charge in [0.1, 0.15) is 5.69 Å². The monoisotopic (exact) mass is 362 g/mol. The number of carbonyl (C=O) groups excluding carboxylic acids is 2. The summed E-state index contributed by atoms with van der Waals surface area (Å²) < 4.78 is 42.4. The molecule has 1 N–H and O–H groups in total. The molecule has 2 heterocycles. The SMILES string of the molecule is CC(=O)c1cc(C(=O)NN(C)c2ncc(C(F)(F)F)cc2Cl)on1. The highest BCUT2D eigenvalue weighted by Crippen LogP contribution is 2.32. The molecule has 0 aliphatic carbocycles. The number of Topliss-reactive ketones (excluding diaryl/α,β-unsaturated/α-hetero) is 1. The number of hydrazine groups is 1. The molecule has 0 saturated heterocycles. The number of alkyl halides is 3. The smallest absolute Gasteiger partial charge is 0.350 e. The molecule has 0 bridgehead atoms. The van der Waals surface area contributed by atoms with Gasteiger partial charge in [-0.15, -0.1) is 0 Å². The Hall–Kier alpha value is -2.62. The van der Waals surface area contributed by atoms with Crippen molar-refractivity contribution in [1.82, 2.24) is 15.6 Å². The number of anilines is 1. The zero-order chi connectivity index (χ0) is 18.1. The van der Waals surface area contributed by atoms with Crippen LogP contribution >= 0.6 is 11.6 Å². The summed E-state index contributed by atoms with van der Waals surface area (Å²) in [7, 11) is 1.32. The average molecular weight is 363 g/mol. The zero-order valence-corrected chi connectivity index (χ0v) is 13.1. The van der Waals surface area contributed by atoms with Crippen molar-refractivity contribution in [3.8, 4) is 0 Å². The van der Waals surface area contributed by atoms with Gasteiger partial charge in [0.25, 0.3) is 0 Å². The fourth-order valence-electron chi connectivity index (χ4n) is 1.64. The van der Waals surface area contributed by atoms with E-state index >= 15 is 0 Å². The van der Waals surface area contributed by atoms with Crippen molar-refractivity contribution in [2.24, 2.45) is 0 Å². The molecule has 1 amide bonds. The van der Waals surface area contributed by atoms with Crippen LogP contribution < -0.4 is 10.4 Å². The van der Waals surface area contributed by atoms with Crippen molar-refractivity contribution in [1.29, 1.82) is 0 Å². The molecule has 0 radical (unpaired) electrons. The summed E-state index contributed by atoms with van der Waals surface area (Å²) in [6.07, 6.45) is -3.99. The lowest BCUT2D eigenvalue weighted by molar-refractivity contribution is -0.137. The third-order valence-corrected chi connectivity index (χ3v) is 3.11. The van der Waals surface area contributed by atoms with Gasteiger partial charge in [-0.25, -0.2) is 4.98 Å². The van der Waals surface area contributed by atoms with Gasteiger partial charge in [-0.3, -0.25) is 20.0 Å². The van der Waals surface area contributed by atoms with E-state index in [1.807, 2.05) is 0 Å². The number of pyridine rings is 1. The quantitative estimate of drug-likeness (QED) is 0.664. The summed E-state index contributed by atoms with van der Waals surface area (Å²) in [5.74, 6) is -1.53. The number of hydrogen-bond donors (Lipinski definition) is 1. The number of ketones is 1. The minimum absolute atomic E-state index is 0.0338. The van der Waals surface area contributed by atoms with Crippen LogP contribution in [-0.4, -0.2) is 28.9 Å². The molecule has 0 fully saturated rings. The topological polar surface area (TPSA) is 88.3 Å². The number of amides is 1. The fourth-order valence-corrected chi connectivity index (χ4v) is 1.93. The third-order valence-electron chi connectivity index (χ3n) is 2.83. The number of halogens is 4. The van der Waals surface area contributed by atoms with E-state index in [-0.39, 0.29) is 22.3 Å². The first-order valence-corrected chi connectivity index (χ1v) is 6.72. The Morgan fingerprint density at radius 1 is 1.33 bits per heavy atom. The minimum atomic E-state index is -4.58. The molecule has 7 nitrogen and oxygen atoms in total. The maximum Gasteiger partial charge on any atom is 0.417 e. The van der Waals surface area contributed by atoms with Gasteiger partial charge in [0, 0.05) is 26.2 Å². The summed E-state index contributed by atoms with van der Waals surface area (Å²) in [5, 5.41) is 4.11. The molecule has 0 saturated carbocycles. The Labute approximate surface area is 138 Å². The van der Waals surface area contributed by atoms with Crippen molar-refractivity contribution in [3.05, 3.63) is 40.4 Å². The van der Waals surface area contributed by atoms with Gasteiger partial charge in [-0.1, -0.05) is 16.8 Å². The highest BCUT2D eigenvalue weighted by Gasteiger charge is 2.32. The second-order valence-electron chi connectivity index (χ2n) is 4.66. The molecule has 0 aliphatic heterocycles. The van der Waals surface area contributed by atoms with Crippen molar-refractivity contribution in [3.63, 3.8) is 0 Å². The van der Waals surface area contributed by atoms with Crippen LogP contribution in [-0.2, 0) is 6.18 Å². The molecular formula is C13H10ClF3N4O3. The van der Waals surface area contributed by atoms with Gasteiger partial charge in [0.2, 0.25) is 5.76 Å².